The molecule has 1 N–H and O–H groups in total. The van der Waals surface area contributed by atoms with Crippen molar-refractivity contribution in [3.8, 4) is 0 Å². The van der Waals surface area contributed by atoms with E-state index in [9.17, 15) is 18.0 Å². The molecule has 3 aliphatic rings. The van der Waals surface area contributed by atoms with Crippen molar-refractivity contribution in [3.63, 3.8) is 0 Å². The summed E-state index contributed by atoms with van der Waals surface area (Å²) in [5.74, 6) is 0.187. The van der Waals surface area contributed by atoms with Gasteiger partial charge in [0.1, 0.15) is 6.54 Å². The Kier molecular flexibility index (Phi) is 5.76. The first-order chi connectivity index (χ1) is 12.3. The topological polar surface area (TPSA) is 96.0 Å². The number of nitrogens with zero attached hydrogens (tertiary/aromatic N) is 2. The van der Waals surface area contributed by atoms with Gasteiger partial charge in [0.15, 0.2) is 9.84 Å². The molecular formula is C17H29N3O5S. The zero-order valence-corrected chi connectivity index (χ0v) is 16.2. The number of rotatable bonds is 3. The Morgan fingerprint density at radius 3 is 2.88 bits per heavy atom. The number of hydrogen-bond acceptors (Lipinski definition) is 5. The highest BCUT2D eigenvalue weighted by atomic mass is 32.2. The SMILES string of the molecule is CCCN1CCCN(C(=O)NC2CCOC3(CCS(=O)(=O)C3)C2)CC1=O. The van der Waals surface area contributed by atoms with Crippen LogP contribution in [0, 0.1) is 0 Å². The number of urea groups is 1. The van der Waals surface area contributed by atoms with Crippen LogP contribution >= 0.6 is 0 Å². The molecule has 0 saturated carbocycles. The quantitative estimate of drug-likeness (QED) is 0.755. The standard InChI is InChI=1S/C17H29N3O5S/c1-2-6-19-7-3-8-20(12-15(19)21)16(22)18-14-4-9-25-17(11-14)5-10-26(23,24)13-17/h14H,2-13H2,1H3,(H,18,22). The van der Waals surface area contributed by atoms with Crippen molar-refractivity contribution in [2.24, 2.45) is 0 Å². The van der Waals surface area contributed by atoms with E-state index in [0.717, 1.165) is 19.4 Å². The van der Waals surface area contributed by atoms with Crippen LogP contribution in [0.5, 0.6) is 0 Å². The first-order valence-corrected chi connectivity index (χ1v) is 11.3. The fourth-order valence-corrected chi connectivity index (χ4v) is 6.15. The van der Waals surface area contributed by atoms with Crippen molar-refractivity contribution < 1.29 is 22.7 Å². The zero-order chi connectivity index (χ0) is 18.8. The summed E-state index contributed by atoms with van der Waals surface area (Å²) in [6.07, 6.45) is 3.36. The van der Waals surface area contributed by atoms with Gasteiger partial charge in [-0.2, -0.15) is 0 Å². The fourth-order valence-electron chi connectivity index (χ4n) is 4.18. The highest BCUT2D eigenvalue weighted by Gasteiger charge is 2.47. The van der Waals surface area contributed by atoms with Crippen molar-refractivity contribution in [1.29, 1.82) is 0 Å². The third-order valence-corrected chi connectivity index (χ3v) is 7.28. The van der Waals surface area contributed by atoms with Gasteiger partial charge in [-0.05, 0) is 32.1 Å². The average molecular weight is 388 g/mol. The molecule has 3 saturated heterocycles. The second kappa shape index (κ2) is 7.72. The second-order valence-electron chi connectivity index (χ2n) is 7.67. The molecule has 3 aliphatic heterocycles. The van der Waals surface area contributed by atoms with Gasteiger partial charge < -0.3 is 19.9 Å². The molecule has 3 heterocycles. The number of carbonyl (C=O) groups is 2. The van der Waals surface area contributed by atoms with Gasteiger partial charge in [-0.15, -0.1) is 0 Å². The number of ether oxygens (including phenoxy) is 1. The largest absolute Gasteiger partial charge is 0.374 e. The molecule has 9 heteroatoms. The minimum absolute atomic E-state index is 0.00941. The monoisotopic (exact) mass is 387 g/mol. The molecule has 0 aromatic heterocycles. The van der Waals surface area contributed by atoms with Crippen molar-refractivity contribution in [1.82, 2.24) is 15.1 Å². The molecule has 0 aromatic rings. The van der Waals surface area contributed by atoms with Crippen LogP contribution < -0.4 is 5.32 Å². The predicted octanol–water partition coefficient (Wildman–Crippen LogP) is 0.377. The van der Waals surface area contributed by atoms with E-state index in [1.807, 2.05) is 11.8 Å². The lowest BCUT2D eigenvalue weighted by atomic mass is 9.90. The highest BCUT2D eigenvalue weighted by molar-refractivity contribution is 7.91. The molecule has 3 rings (SSSR count). The molecule has 2 atom stereocenters. The first-order valence-electron chi connectivity index (χ1n) is 9.50. The zero-order valence-electron chi connectivity index (χ0n) is 15.4. The fraction of sp³-hybridized carbons (Fsp3) is 0.882. The van der Waals surface area contributed by atoms with Gasteiger partial charge in [0.25, 0.3) is 0 Å². The smallest absolute Gasteiger partial charge is 0.318 e. The molecule has 0 radical (unpaired) electrons. The lowest BCUT2D eigenvalue weighted by Gasteiger charge is -2.38. The van der Waals surface area contributed by atoms with Gasteiger partial charge in [-0.3, -0.25) is 4.79 Å². The van der Waals surface area contributed by atoms with Crippen LogP contribution in [0.15, 0.2) is 0 Å². The Bertz CT molecular complexity index is 653. The Labute approximate surface area is 155 Å². The van der Waals surface area contributed by atoms with E-state index in [2.05, 4.69) is 5.32 Å². The van der Waals surface area contributed by atoms with Crippen LogP contribution in [0.1, 0.15) is 39.0 Å². The molecule has 26 heavy (non-hydrogen) atoms. The maximum atomic E-state index is 12.6. The molecule has 148 valence electrons. The minimum Gasteiger partial charge on any atom is -0.374 e. The van der Waals surface area contributed by atoms with Crippen LogP contribution in [0.4, 0.5) is 4.79 Å². The van der Waals surface area contributed by atoms with Crippen LogP contribution in [0.2, 0.25) is 0 Å². The minimum atomic E-state index is -3.05. The van der Waals surface area contributed by atoms with Gasteiger partial charge in [-0.25, -0.2) is 13.2 Å². The lowest BCUT2D eigenvalue weighted by molar-refractivity contribution is -0.130. The maximum Gasteiger partial charge on any atom is 0.318 e. The third kappa shape index (κ3) is 4.49. The Morgan fingerprint density at radius 1 is 1.38 bits per heavy atom. The molecule has 0 aromatic carbocycles. The summed E-state index contributed by atoms with van der Waals surface area (Å²) in [6.45, 7) is 4.56. The van der Waals surface area contributed by atoms with Gasteiger partial charge >= 0.3 is 6.03 Å². The molecule has 3 amide bonds. The van der Waals surface area contributed by atoms with Gasteiger partial charge in [-0.1, -0.05) is 6.92 Å². The van der Waals surface area contributed by atoms with Crippen LogP contribution in [0.25, 0.3) is 0 Å². The predicted molar refractivity (Wildman–Crippen MR) is 96.6 cm³/mol. The van der Waals surface area contributed by atoms with E-state index in [1.165, 1.54) is 0 Å². The number of carbonyl (C=O) groups excluding carboxylic acids is 2. The van der Waals surface area contributed by atoms with Crippen molar-refractivity contribution in [2.45, 2.75) is 50.7 Å². The normalized spacial score (nSPS) is 31.9. The molecule has 3 fully saturated rings. The van der Waals surface area contributed by atoms with Crippen LogP contribution in [-0.2, 0) is 19.4 Å². The van der Waals surface area contributed by atoms with Crippen molar-refractivity contribution in [2.75, 3.05) is 44.3 Å². The summed E-state index contributed by atoms with van der Waals surface area (Å²) in [7, 11) is -3.05. The van der Waals surface area contributed by atoms with E-state index in [0.29, 0.717) is 39.0 Å². The highest BCUT2D eigenvalue weighted by Crippen LogP contribution is 2.35. The average Bonchev–Trinajstić information content (AvgIpc) is 2.74. The Hall–Kier alpha value is -1.35. The van der Waals surface area contributed by atoms with Crippen LogP contribution in [0.3, 0.4) is 0 Å². The molecule has 0 bridgehead atoms. The number of nitrogens with one attached hydrogen (secondary N) is 1. The van der Waals surface area contributed by atoms with Gasteiger partial charge in [0.05, 0.1) is 17.1 Å². The summed E-state index contributed by atoms with van der Waals surface area (Å²) in [5, 5.41) is 3.00. The van der Waals surface area contributed by atoms with Crippen molar-refractivity contribution in [3.05, 3.63) is 0 Å². The third-order valence-electron chi connectivity index (χ3n) is 5.49. The Morgan fingerprint density at radius 2 is 2.19 bits per heavy atom. The molecule has 0 aliphatic carbocycles. The van der Waals surface area contributed by atoms with E-state index in [1.54, 1.807) is 4.90 Å². The first kappa shape index (κ1) is 19.4. The number of sulfone groups is 1. The maximum absolute atomic E-state index is 12.6. The summed E-state index contributed by atoms with van der Waals surface area (Å²) in [5.41, 5.74) is -0.651. The van der Waals surface area contributed by atoms with Crippen molar-refractivity contribution >= 4 is 21.8 Å². The van der Waals surface area contributed by atoms with Gasteiger partial charge in [0, 0.05) is 32.3 Å². The lowest BCUT2D eigenvalue weighted by Crippen LogP contribution is -2.53. The van der Waals surface area contributed by atoms with E-state index >= 15 is 0 Å². The van der Waals surface area contributed by atoms with E-state index < -0.39 is 15.4 Å². The van der Waals surface area contributed by atoms with E-state index in [4.69, 9.17) is 4.74 Å². The summed E-state index contributed by atoms with van der Waals surface area (Å²) < 4.78 is 29.4. The van der Waals surface area contributed by atoms with Crippen LogP contribution in [-0.4, -0.2) is 86.1 Å². The molecule has 8 nitrogen and oxygen atoms in total. The summed E-state index contributed by atoms with van der Waals surface area (Å²) in [4.78, 5) is 28.3. The molecular weight excluding hydrogens is 358 g/mol. The number of hydrogen-bond donors (Lipinski definition) is 1. The number of amides is 3. The molecule has 2 unspecified atom stereocenters. The van der Waals surface area contributed by atoms with Gasteiger partial charge in [0.2, 0.25) is 5.91 Å². The molecule has 1 spiro atoms. The summed E-state index contributed by atoms with van der Waals surface area (Å²) in [6, 6.07) is -0.353. The second-order valence-corrected chi connectivity index (χ2v) is 9.85. The Balaban J connectivity index is 1.57. The summed E-state index contributed by atoms with van der Waals surface area (Å²) >= 11 is 0. The van der Waals surface area contributed by atoms with E-state index in [-0.39, 0.29) is 36.0 Å².